The number of carbonyl (C=O) groups is 2. The first-order valence-electron chi connectivity index (χ1n) is 14.8. The Hall–Kier alpha value is -3.90. The second kappa shape index (κ2) is 14.3. The van der Waals surface area contributed by atoms with Gasteiger partial charge >= 0.3 is 11.9 Å². The van der Waals surface area contributed by atoms with Crippen molar-refractivity contribution in [3.63, 3.8) is 0 Å². The van der Waals surface area contributed by atoms with Crippen LogP contribution in [0.1, 0.15) is 36.0 Å². The Labute approximate surface area is 262 Å². The number of esters is 1. The highest BCUT2D eigenvalue weighted by atomic mass is 17.2. The van der Waals surface area contributed by atoms with Crippen molar-refractivity contribution in [3.05, 3.63) is 41.5 Å². The summed E-state index contributed by atoms with van der Waals surface area (Å²) in [6.07, 6.45) is -7.15. The summed E-state index contributed by atoms with van der Waals surface area (Å²) in [5.41, 5.74) is 7.29. The number of aliphatic carboxylic acids is 1. The lowest BCUT2D eigenvalue weighted by molar-refractivity contribution is -0.375. The van der Waals surface area contributed by atoms with Crippen LogP contribution in [0.25, 0.3) is 0 Å². The minimum atomic E-state index is -1.44. The molecule has 250 valence electrons. The first-order chi connectivity index (χ1) is 22.4. The maximum atomic E-state index is 11.9. The average molecular weight is 650 g/mol. The Bertz CT molecular complexity index is 1400. The van der Waals surface area contributed by atoms with E-state index in [-0.39, 0.29) is 57.4 Å². The molecular formula is C30H35NO15. The number of carboxylic acids is 1. The summed E-state index contributed by atoms with van der Waals surface area (Å²) in [6, 6.07) is 8.78. The lowest BCUT2D eigenvalue weighted by Crippen LogP contribution is -2.61. The molecule has 2 aromatic rings. The molecule has 0 saturated carbocycles. The van der Waals surface area contributed by atoms with Gasteiger partial charge in [-0.1, -0.05) is 0 Å². The lowest BCUT2D eigenvalue weighted by Gasteiger charge is -2.42. The van der Waals surface area contributed by atoms with Gasteiger partial charge in [0.1, 0.15) is 48.9 Å². The van der Waals surface area contributed by atoms with E-state index in [2.05, 4.69) is 0 Å². The monoisotopic (exact) mass is 649 g/mol. The number of aliphatic hydroxyl groups excluding tert-OH is 2. The van der Waals surface area contributed by atoms with E-state index in [4.69, 9.17) is 58.5 Å². The molecule has 1 fully saturated rings. The van der Waals surface area contributed by atoms with E-state index in [1.54, 1.807) is 18.2 Å². The van der Waals surface area contributed by atoms with Crippen LogP contribution in [0.4, 0.5) is 0 Å². The van der Waals surface area contributed by atoms with E-state index >= 15 is 0 Å². The fourth-order valence-electron chi connectivity index (χ4n) is 5.68. The highest BCUT2D eigenvalue weighted by Crippen LogP contribution is 2.54. The van der Waals surface area contributed by atoms with E-state index < -0.39 is 55.7 Å². The van der Waals surface area contributed by atoms with Crippen LogP contribution in [-0.2, 0) is 33.4 Å². The van der Waals surface area contributed by atoms with Crippen LogP contribution in [0, 0.1) is 0 Å². The molecule has 7 atom stereocenters. The zero-order valence-corrected chi connectivity index (χ0v) is 24.6. The van der Waals surface area contributed by atoms with Crippen LogP contribution in [0.2, 0.25) is 0 Å². The van der Waals surface area contributed by atoms with E-state index in [9.17, 15) is 19.8 Å². The average Bonchev–Trinajstić information content (AvgIpc) is 3.65. The van der Waals surface area contributed by atoms with Crippen molar-refractivity contribution in [1.82, 2.24) is 0 Å². The third-order valence-corrected chi connectivity index (χ3v) is 7.82. The zero-order valence-electron chi connectivity index (χ0n) is 24.6. The van der Waals surface area contributed by atoms with Crippen molar-refractivity contribution in [1.29, 1.82) is 0 Å². The molecule has 0 radical (unpaired) electrons. The highest BCUT2D eigenvalue weighted by molar-refractivity contribution is 5.90. The number of fused-ring (bicyclic) bond motifs is 6. The summed E-state index contributed by atoms with van der Waals surface area (Å²) in [6.45, 7) is 0.111. The zero-order chi connectivity index (χ0) is 32.2. The van der Waals surface area contributed by atoms with Gasteiger partial charge in [-0.05, 0) is 30.7 Å². The molecule has 7 unspecified atom stereocenters. The van der Waals surface area contributed by atoms with Crippen LogP contribution in [0.3, 0.4) is 0 Å². The summed E-state index contributed by atoms with van der Waals surface area (Å²) in [7, 11) is 0. The van der Waals surface area contributed by atoms with E-state index in [1.807, 2.05) is 12.1 Å². The molecule has 4 heterocycles. The number of hydrogen-bond donors (Lipinski definition) is 4. The van der Waals surface area contributed by atoms with Gasteiger partial charge < -0.3 is 63.8 Å². The normalized spacial score (nSPS) is 27.1. The molecule has 2 aromatic carbocycles. The molecule has 16 nitrogen and oxygen atoms in total. The molecule has 0 spiro atoms. The molecule has 5 N–H and O–H groups in total. The summed E-state index contributed by atoms with van der Waals surface area (Å²) >= 11 is 0. The second-order valence-electron chi connectivity index (χ2n) is 10.9. The maximum Gasteiger partial charge on any atom is 0.317 e. The molecule has 4 aliphatic heterocycles. The molecular weight excluding hydrogens is 614 g/mol. The van der Waals surface area contributed by atoms with Crippen molar-refractivity contribution in [2.24, 2.45) is 5.73 Å². The van der Waals surface area contributed by atoms with Crippen molar-refractivity contribution in [2.45, 2.75) is 55.6 Å². The first kappa shape index (κ1) is 32.1. The fraction of sp³-hybridized carbons (Fsp3) is 0.533. The SMILES string of the molecule is NCCOC1OC(COC(=O)CC(=O)O)C(OCCCO)C(O)C1OOc1ccc2c(c1)C1Oc3cc4c(cc3C1CO2)OCO4. The van der Waals surface area contributed by atoms with Crippen molar-refractivity contribution >= 4 is 11.9 Å². The van der Waals surface area contributed by atoms with Crippen molar-refractivity contribution in [2.75, 3.05) is 46.4 Å². The van der Waals surface area contributed by atoms with Crippen LogP contribution < -0.4 is 29.6 Å². The van der Waals surface area contributed by atoms with Crippen molar-refractivity contribution in [3.8, 4) is 28.7 Å². The van der Waals surface area contributed by atoms with Gasteiger partial charge in [-0.15, -0.1) is 0 Å². The van der Waals surface area contributed by atoms with Crippen LogP contribution in [0.15, 0.2) is 30.3 Å². The highest BCUT2D eigenvalue weighted by Gasteiger charge is 2.49. The van der Waals surface area contributed by atoms with E-state index in [0.717, 1.165) is 11.1 Å². The Morgan fingerprint density at radius 1 is 0.957 bits per heavy atom. The Morgan fingerprint density at radius 3 is 2.57 bits per heavy atom. The third-order valence-electron chi connectivity index (χ3n) is 7.82. The van der Waals surface area contributed by atoms with Crippen LogP contribution in [0.5, 0.6) is 28.7 Å². The minimum absolute atomic E-state index is 0.0233. The molecule has 16 heteroatoms. The van der Waals surface area contributed by atoms with Gasteiger partial charge in [-0.3, -0.25) is 9.59 Å². The summed E-state index contributed by atoms with van der Waals surface area (Å²) < 4.78 is 45.9. The van der Waals surface area contributed by atoms with Gasteiger partial charge in [-0.25, -0.2) is 0 Å². The van der Waals surface area contributed by atoms with Gasteiger partial charge in [0.25, 0.3) is 0 Å². The van der Waals surface area contributed by atoms with Crippen LogP contribution in [-0.4, -0.2) is 104 Å². The molecule has 46 heavy (non-hydrogen) atoms. The fourth-order valence-corrected chi connectivity index (χ4v) is 5.68. The third kappa shape index (κ3) is 6.78. The smallest absolute Gasteiger partial charge is 0.317 e. The standard InChI is InChI=1S/C30H35NO15/c31-4-7-38-30-29(26(36)28(37-6-1-5-32)23(44-30)13-40-25(35)11-24(33)34)46-45-15-2-3-19-17(8-15)27-18(12-39-19)16-9-21-22(42-14-41-21)10-20(16)43-27/h2-3,8-10,18,23,26-30,32,36H,1,4-7,11-14,31H2,(H,33,34). The number of aliphatic hydroxyl groups is 2. The van der Waals surface area contributed by atoms with Gasteiger partial charge in [0.2, 0.25) is 6.79 Å². The molecule has 0 aromatic heterocycles. The summed E-state index contributed by atoms with van der Waals surface area (Å²) in [5.74, 6) is 0.361. The maximum absolute atomic E-state index is 11.9. The number of rotatable bonds is 14. The molecule has 0 amide bonds. The van der Waals surface area contributed by atoms with Crippen molar-refractivity contribution < 1.29 is 72.6 Å². The van der Waals surface area contributed by atoms with Gasteiger partial charge in [0, 0.05) is 37.0 Å². The van der Waals surface area contributed by atoms with E-state index in [0.29, 0.717) is 29.6 Å². The summed E-state index contributed by atoms with van der Waals surface area (Å²) in [4.78, 5) is 34.1. The summed E-state index contributed by atoms with van der Waals surface area (Å²) in [5, 5.41) is 29.4. The molecule has 6 rings (SSSR count). The predicted octanol–water partition coefficient (Wildman–Crippen LogP) is 0.551. The molecule has 0 bridgehead atoms. The lowest BCUT2D eigenvalue weighted by atomic mass is 9.89. The molecule has 0 aliphatic carbocycles. The Balaban J connectivity index is 1.17. The number of ether oxygens (including phenoxy) is 8. The number of carboxylic acid groups (broad SMARTS) is 1. The van der Waals surface area contributed by atoms with Gasteiger partial charge in [0.05, 0.1) is 19.1 Å². The largest absolute Gasteiger partial charge is 0.492 e. The van der Waals surface area contributed by atoms with Gasteiger partial charge in [0.15, 0.2) is 29.6 Å². The number of hydrogen-bond acceptors (Lipinski definition) is 15. The Morgan fingerprint density at radius 2 is 1.78 bits per heavy atom. The minimum Gasteiger partial charge on any atom is -0.492 e. The molecule has 4 aliphatic rings. The van der Waals surface area contributed by atoms with Crippen LogP contribution >= 0.6 is 0 Å². The Kier molecular flexibility index (Phi) is 9.93. The topological polar surface area (TPSA) is 213 Å². The predicted molar refractivity (Wildman–Crippen MR) is 150 cm³/mol. The van der Waals surface area contributed by atoms with E-state index in [1.165, 1.54) is 0 Å². The number of nitrogens with two attached hydrogens (primary N) is 1. The number of benzene rings is 2. The number of carbonyl (C=O) groups excluding carboxylic acids is 1. The second-order valence-corrected chi connectivity index (χ2v) is 10.9. The quantitative estimate of drug-likeness (QED) is 0.0723. The molecule has 1 saturated heterocycles. The first-order valence-corrected chi connectivity index (χ1v) is 14.8. The van der Waals surface area contributed by atoms with Gasteiger partial charge in [-0.2, -0.15) is 4.89 Å².